The topological polar surface area (TPSA) is 62.9 Å². The van der Waals surface area contributed by atoms with E-state index >= 15 is 0 Å². The van der Waals surface area contributed by atoms with Crippen molar-refractivity contribution in [2.45, 2.75) is 26.0 Å². The molecule has 1 aliphatic rings. The fraction of sp³-hybridized carbons (Fsp3) is 0.450. The van der Waals surface area contributed by atoms with Gasteiger partial charge in [-0.3, -0.25) is 9.89 Å². The molecule has 3 N–H and O–H groups in total. The Morgan fingerprint density at radius 1 is 1.27 bits per heavy atom. The zero-order chi connectivity index (χ0) is 18.2. The summed E-state index contributed by atoms with van der Waals surface area (Å²) in [5.41, 5.74) is 8.13. The maximum Gasteiger partial charge on any atom is 0.193 e. The van der Waals surface area contributed by atoms with Crippen molar-refractivity contribution in [2.24, 2.45) is 16.6 Å². The van der Waals surface area contributed by atoms with E-state index in [1.807, 2.05) is 35.6 Å². The first kappa shape index (κ1) is 18.9. The number of thiophene rings is 1. The quantitative estimate of drug-likeness (QED) is 0.576. The summed E-state index contributed by atoms with van der Waals surface area (Å²) in [5.74, 6) is 1.10. The molecule has 0 amide bonds. The van der Waals surface area contributed by atoms with Crippen molar-refractivity contribution >= 4 is 23.0 Å². The first-order valence-electron chi connectivity index (χ1n) is 9.13. The summed E-state index contributed by atoms with van der Waals surface area (Å²) in [5, 5.41) is 5.36. The average molecular weight is 373 g/mol. The van der Waals surface area contributed by atoms with Crippen LogP contribution in [0.1, 0.15) is 23.3 Å². The predicted molar refractivity (Wildman–Crippen MR) is 110 cm³/mol. The third-order valence-electron chi connectivity index (χ3n) is 4.77. The van der Waals surface area contributed by atoms with E-state index in [0.29, 0.717) is 18.5 Å². The molecule has 140 valence electrons. The van der Waals surface area contributed by atoms with Gasteiger partial charge < -0.3 is 15.8 Å². The Morgan fingerprint density at radius 3 is 2.81 bits per heavy atom. The number of likely N-dealkylation sites (tertiary alicyclic amines) is 1. The molecule has 1 aliphatic heterocycles. The molecule has 0 bridgehead atoms. The number of piperidine rings is 1. The SMILES string of the molecule is COCc1ccccc1NC(N)=NCC1CCN(Cc2cccs2)CC1. The van der Waals surface area contributed by atoms with Crippen molar-refractivity contribution in [3.8, 4) is 0 Å². The second kappa shape index (κ2) is 9.71. The fourth-order valence-corrected chi connectivity index (χ4v) is 4.02. The van der Waals surface area contributed by atoms with Crippen molar-refractivity contribution in [1.82, 2.24) is 4.90 Å². The van der Waals surface area contributed by atoms with Crippen LogP contribution in [0.15, 0.2) is 46.8 Å². The molecule has 26 heavy (non-hydrogen) atoms. The van der Waals surface area contributed by atoms with E-state index in [9.17, 15) is 0 Å². The average Bonchev–Trinajstić information content (AvgIpc) is 3.16. The van der Waals surface area contributed by atoms with E-state index < -0.39 is 0 Å². The fourth-order valence-electron chi connectivity index (χ4n) is 3.28. The summed E-state index contributed by atoms with van der Waals surface area (Å²) in [6.45, 7) is 4.70. The lowest BCUT2D eigenvalue weighted by Crippen LogP contribution is -2.34. The summed E-state index contributed by atoms with van der Waals surface area (Å²) in [6, 6.07) is 12.4. The van der Waals surface area contributed by atoms with Gasteiger partial charge in [-0.1, -0.05) is 24.3 Å². The highest BCUT2D eigenvalue weighted by molar-refractivity contribution is 7.09. The summed E-state index contributed by atoms with van der Waals surface area (Å²) in [6.07, 6.45) is 2.37. The molecule has 0 unspecified atom stereocenters. The largest absolute Gasteiger partial charge is 0.380 e. The Hall–Kier alpha value is -1.89. The summed E-state index contributed by atoms with van der Waals surface area (Å²) < 4.78 is 5.23. The molecule has 5 nitrogen and oxygen atoms in total. The van der Waals surface area contributed by atoms with E-state index in [4.69, 9.17) is 10.5 Å². The van der Waals surface area contributed by atoms with E-state index in [1.54, 1.807) is 7.11 Å². The van der Waals surface area contributed by atoms with Gasteiger partial charge in [0.2, 0.25) is 0 Å². The molecule has 2 heterocycles. The number of anilines is 1. The molecule has 0 aliphatic carbocycles. The van der Waals surface area contributed by atoms with Crippen LogP contribution in [-0.2, 0) is 17.9 Å². The number of nitrogens with zero attached hydrogens (tertiary/aromatic N) is 2. The van der Waals surface area contributed by atoms with Crippen LogP contribution in [0.2, 0.25) is 0 Å². The minimum Gasteiger partial charge on any atom is -0.380 e. The Morgan fingerprint density at radius 2 is 2.08 bits per heavy atom. The number of aliphatic imine (C=N–C) groups is 1. The Bertz CT molecular complexity index is 694. The zero-order valence-corrected chi connectivity index (χ0v) is 16.2. The highest BCUT2D eigenvalue weighted by atomic mass is 32.1. The van der Waals surface area contributed by atoms with E-state index in [-0.39, 0.29) is 0 Å². The number of ether oxygens (including phenoxy) is 1. The molecule has 0 saturated carbocycles. The van der Waals surface area contributed by atoms with Crippen molar-refractivity contribution in [1.29, 1.82) is 0 Å². The van der Waals surface area contributed by atoms with Crippen molar-refractivity contribution in [2.75, 3.05) is 32.1 Å². The highest BCUT2D eigenvalue weighted by Crippen LogP contribution is 2.21. The number of hydrogen-bond acceptors (Lipinski definition) is 4. The van der Waals surface area contributed by atoms with Crippen LogP contribution in [0.4, 0.5) is 5.69 Å². The molecule has 0 spiro atoms. The Labute approximate surface area is 159 Å². The number of rotatable bonds is 7. The molecular weight excluding hydrogens is 344 g/mol. The maximum absolute atomic E-state index is 6.09. The molecule has 3 rings (SSSR count). The standard InChI is InChI=1S/C20H28N4OS/c1-25-15-17-5-2-3-7-19(17)23-20(21)22-13-16-8-10-24(11-9-16)14-18-6-4-12-26-18/h2-7,12,16H,8-11,13-15H2,1H3,(H3,21,22,23). The second-order valence-electron chi connectivity index (χ2n) is 6.74. The van der Waals surface area contributed by atoms with Gasteiger partial charge in [0.25, 0.3) is 0 Å². The van der Waals surface area contributed by atoms with Gasteiger partial charge in [-0.2, -0.15) is 0 Å². The van der Waals surface area contributed by atoms with E-state index in [2.05, 4.69) is 32.7 Å². The predicted octanol–water partition coefficient (Wildman–Crippen LogP) is 3.53. The van der Waals surface area contributed by atoms with Crippen LogP contribution >= 0.6 is 11.3 Å². The molecule has 2 aromatic rings. The summed E-state index contributed by atoms with van der Waals surface area (Å²) in [7, 11) is 1.69. The van der Waals surface area contributed by atoms with Crippen molar-refractivity contribution < 1.29 is 4.74 Å². The van der Waals surface area contributed by atoms with Crippen LogP contribution in [0, 0.1) is 5.92 Å². The van der Waals surface area contributed by atoms with Crippen LogP contribution in [0.3, 0.4) is 0 Å². The lowest BCUT2D eigenvalue weighted by Gasteiger charge is -2.30. The van der Waals surface area contributed by atoms with Gasteiger partial charge in [-0.25, -0.2) is 0 Å². The van der Waals surface area contributed by atoms with Gasteiger partial charge in [0.1, 0.15) is 0 Å². The van der Waals surface area contributed by atoms with Gasteiger partial charge in [-0.05, 0) is 49.4 Å². The molecule has 1 fully saturated rings. The minimum atomic E-state index is 0.481. The molecular formula is C20H28N4OS. The molecule has 6 heteroatoms. The first-order valence-corrected chi connectivity index (χ1v) is 10.0. The van der Waals surface area contributed by atoms with Gasteiger partial charge in [0, 0.05) is 36.3 Å². The number of benzene rings is 1. The summed E-state index contributed by atoms with van der Waals surface area (Å²) in [4.78, 5) is 8.56. The van der Waals surface area contributed by atoms with Crippen LogP contribution < -0.4 is 11.1 Å². The number of hydrogen-bond donors (Lipinski definition) is 2. The number of nitrogens with two attached hydrogens (primary N) is 1. The lowest BCUT2D eigenvalue weighted by molar-refractivity contribution is 0.182. The Kier molecular flexibility index (Phi) is 7.05. The zero-order valence-electron chi connectivity index (χ0n) is 15.4. The minimum absolute atomic E-state index is 0.481. The molecule has 1 aromatic carbocycles. The van der Waals surface area contributed by atoms with Gasteiger partial charge in [-0.15, -0.1) is 11.3 Å². The third-order valence-corrected chi connectivity index (χ3v) is 5.63. The van der Waals surface area contributed by atoms with Crippen molar-refractivity contribution in [3.63, 3.8) is 0 Å². The van der Waals surface area contributed by atoms with Crippen LogP contribution in [-0.4, -0.2) is 37.6 Å². The first-order chi connectivity index (χ1) is 12.7. The highest BCUT2D eigenvalue weighted by Gasteiger charge is 2.19. The van der Waals surface area contributed by atoms with E-state index in [0.717, 1.165) is 37.4 Å². The van der Waals surface area contributed by atoms with Gasteiger partial charge in [0.15, 0.2) is 5.96 Å². The number of guanidine groups is 1. The number of methoxy groups -OCH3 is 1. The maximum atomic E-state index is 6.09. The normalized spacial score (nSPS) is 16.7. The Balaban J connectivity index is 1.45. The number of para-hydroxylation sites is 1. The van der Waals surface area contributed by atoms with Gasteiger partial charge >= 0.3 is 0 Å². The molecule has 1 aromatic heterocycles. The molecule has 0 radical (unpaired) electrons. The monoisotopic (exact) mass is 372 g/mol. The van der Waals surface area contributed by atoms with Crippen LogP contribution in [0.5, 0.6) is 0 Å². The van der Waals surface area contributed by atoms with Crippen molar-refractivity contribution in [3.05, 3.63) is 52.2 Å². The van der Waals surface area contributed by atoms with Crippen LogP contribution in [0.25, 0.3) is 0 Å². The second-order valence-corrected chi connectivity index (χ2v) is 7.77. The molecule has 0 atom stereocenters. The molecule has 1 saturated heterocycles. The number of nitrogens with one attached hydrogen (secondary N) is 1. The van der Waals surface area contributed by atoms with E-state index in [1.165, 1.54) is 17.7 Å². The van der Waals surface area contributed by atoms with Gasteiger partial charge in [0.05, 0.1) is 6.61 Å². The lowest BCUT2D eigenvalue weighted by atomic mass is 9.97. The smallest absolute Gasteiger partial charge is 0.193 e. The summed E-state index contributed by atoms with van der Waals surface area (Å²) >= 11 is 1.84. The third kappa shape index (κ3) is 5.56.